The molecule has 8 heteroatoms. The SMILES string of the molecule is CCN=C(NC1CC1c1ccccc1F)N1CCN(CC(=O)NCCOC)CC1. The first-order chi connectivity index (χ1) is 14.1. The number of amides is 1. The van der Waals surface area contributed by atoms with Gasteiger partial charge in [0.25, 0.3) is 0 Å². The summed E-state index contributed by atoms with van der Waals surface area (Å²) in [4.78, 5) is 21.0. The van der Waals surface area contributed by atoms with E-state index in [1.165, 1.54) is 6.07 Å². The highest BCUT2D eigenvalue weighted by atomic mass is 19.1. The fraction of sp³-hybridized carbons (Fsp3) is 0.619. The van der Waals surface area contributed by atoms with Crippen LogP contribution in [0.4, 0.5) is 4.39 Å². The maximum absolute atomic E-state index is 14.0. The van der Waals surface area contributed by atoms with Crippen molar-refractivity contribution in [3.05, 3.63) is 35.6 Å². The number of carbonyl (C=O) groups excluding carboxylic acids is 1. The second-order valence-electron chi connectivity index (χ2n) is 7.52. The minimum absolute atomic E-state index is 0.0294. The number of methoxy groups -OCH3 is 1. The Morgan fingerprint density at radius 1 is 1.28 bits per heavy atom. The fourth-order valence-corrected chi connectivity index (χ4v) is 3.70. The van der Waals surface area contributed by atoms with Gasteiger partial charge < -0.3 is 20.3 Å². The molecule has 1 amide bonds. The van der Waals surface area contributed by atoms with Gasteiger partial charge in [-0.05, 0) is 25.0 Å². The van der Waals surface area contributed by atoms with Gasteiger partial charge in [-0.1, -0.05) is 18.2 Å². The quantitative estimate of drug-likeness (QED) is 0.384. The van der Waals surface area contributed by atoms with Crippen molar-refractivity contribution in [2.75, 3.05) is 59.5 Å². The van der Waals surface area contributed by atoms with Gasteiger partial charge >= 0.3 is 0 Å². The average Bonchev–Trinajstić information content (AvgIpc) is 3.48. The first-order valence-corrected chi connectivity index (χ1v) is 10.4. The lowest BCUT2D eigenvalue weighted by atomic mass is 10.1. The number of rotatable bonds is 8. The molecule has 3 rings (SSSR count). The number of nitrogens with zero attached hydrogens (tertiary/aromatic N) is 3. The van der Waals surface area contributed by atoms with Gasteiger partial charge in [0.1, 0.15) is 5.82 Å². The van der Waals surface area contributed by atoms with Gasteiger partial charge in [0.05, 0.1) is 13.2 Å². The van der Waals surface area contributed by atoms with Crippen molar-refractivity contribution in [3.63, 3.8) is 0 Å². The Morgan fingerprint density at radius 3 is 2.72 bits per heavy atom. The molecule has 1 heterocycles. The average molecular weight is 406 g/mol. The van der Waals surface area contributed by atoms with Gasteiger partial charge in [-0.25, -0.2) is 4.39 Å². The zero-order chi connectivity index (χ0) is 20.6. The fourth-order valence-electron chi connectivity index (χ4n) is 3.70. The van der Waals surface area contributed by atoms with Crippen LogP contribution < -0.4 is 10.6 Å². The van der Waals surface area contributed by atoms with Crippen LogP contribution in [0, 0.1) is 5.82 Å². The van der Waals surface area contributed by atoms with Crippen LogP contribution in [0.25, 0.3) is 0 Å². The van der Waals surface area contributed by atoms with Crippen LogP contribution in [-0.2, 0) is 9.53 Å². The lowest BCUT2D eigenvalue weighted by molar-refractivity contribution is -0.122. The molecule has 2 N–H and O–H groups in total. The first-order valence-electron chi connectivity index (χ1n) is 10.4. The molecule has 1 aliphatic heterocycles. The predicted molar refractivity (Wildman–Crippen MR) is 112 cm³/mol. The minimum Gasteiger partial charge on any atom is -0.383 e. The Morgan fingerprint density at radius 2 is 2.03 bits per heavy atom. The van der Waals surface area contributed by atoms with Gasteiger partial charge in [-0.3, -0.25) is 14.7 Å². The van der Waals surface area contributed by atoms with E-state index in [1.807, 2.05) is 19.1 Å². The number of halogens is 1. The smallest absolute Gasteiger partial charge is 0.234 e. The summed E-state index contributed by atoms with van der Waals surface area (Å²) in [5.74, 6) is 0.992. The largest absolute Gasteiger partial charge is 0.383 e. The van der Waals surface area contributed by atoms with Crippen molar-refractivity contribution < 1.29 is 13.9 Å². The number of hydrogen-bond acceptors (Lipinski definition) is 4. The lowest BCUT2D eigenvalue weighted by Gasteiger charge is -2.36. The number of ether oxygens (including phenoxy) is 1. The summed E-state index contributed by atoms with van der Waals surface area (Å²) in [6.45, 7) is 7.43. The number of nitrogens with one attached hydrogen (secondary N) is 2. The van der Waals surface area contributed by atoms with Gasteiger partial charge in [0, 0.05) is 58.3 Å². The monoisotopic (exact) mass is 405 g/mol. The summed E-state index contributed by atoms with van der Waals surface area (Å²) in [6, 6.07) is 7.23. The molecule has 160 valence electrons. The molecule has 0 spiro atoms. The van der Waals surface area contributed by atoms with Gasteiger partial charge in [0.15, 0.2) is 5.96 Å². The molecule has 2 fully saturated rings. The topological polar surface area (TPSA) is 69.2 Å². The van der Waals surface area contributed by atoms with Gasteiger partial charge in [-0.15, -0.1) is 0 Å². The molecule has 1 aromatic carbocycles. The number of piperazine rings is 1. The number of aliphatic imine (C=N–C) groups is 1. The van der Waals surface area contributed by atoms with Crippen molar-refractivity contribution in [3.8, 4) is 0 Å². The standard InChI is InChI=1S/C21H32FN5O2/c1-3-23-21(25-19-14-17(19)16-6-4-5-7-18(16)22)27-11-9-26(10-12-27)15-20(28)24-8-13-29-2/h4-7,17,19H,3,8-15H2,1-2H3,(H,23,25)(H,24,28). The molecule has 2 atom stereocenters. The number of hydrogen-bond donors (Lipinski definition) is 2. The van der Waals surface area contributed by atoms with E-state index in [9.17, 15) is 9.18 Å². The van der Waals surface area contributed by atoms with E-state index >= 15 is 0 Å². The van der Waals surface area contributed by atoms with Crippen LogP contribution in [-0.4, -0.2) is 87.2 Å². The van der Waals surface area contributed by atoms with E-state index in [-0.39, 0.29) is 23.7 Å². The lowest BCUT2D eigenvalue weighted by Crippen LogP contribution is -2.54. The molecule has 1 aromatic rings. The van der Waals surface area contributed by atoms with Crippen LogP contribution >= 0.6 is 0 Å². The predicted octanol–water partition coefficient (Wildman–Crippen LogP) is 1.03. The third-order valence-electron chi connectivity index (χ3n) is 5.38. The number of guanidine groups is 1. The van der Waals surface area contributed by atoms with Crippen molar-refractivity contribution in [1.82, 2.24) is 20.4 Å². The minimum atomic E-state index is -0.131. The zero-order valence-electron chi connectivity index (χ0n) is 17.4. The summed E-state index contributed by atoms with van der Waals surface area (Å²) in [7, 11) is 1.62. The zero-order valence-corrected chi connectivity index (χ0v) is 17.4. The van der Waals surface area contributed by atoms with Crippen LogP contribution in [0.3, 0.4) is 0 Å². The van der Waals surface area contributed by atoms with Crippen molar-refractivity contribution in [2.24, 2.45) is 4.99 Å². The Kier molecular flexibility index (Phi) is 7.83. The molecular formula is C21H32FN5O2. The van der Waals surface area contributed by atoms with E-state index in [0.717, 1.165) is 44.1 Å². The summed E-state index contributed by atoms with van der Waals surface area (Å²) in [6.07, 6.45) is 0.922. The van der Waals surface area contributed by atoms with E-state index in [1.54, 1.807) is 13.2 Å². The highest BCUT2D eigenvalue weighted by Crippen LogP contribution is 2.41. The van der Waals surface area contributed by atoms with Crippen LogP contribution in [0.2, 0.25) is 0 Å². The molecule has 0 radical (unpaired) electrons. The third-order valence-corrected chi connectivity index (χ3v) is 5.38. The van der Waals surface area contributed by atoms with E-state index in [2.05, 4.69) is 25.4 Å². The van der Waals surface area contributed by atoms with E-state index in [0.29, 0.717) is 26.2 Å². The normalized spacial score (nSPS) is 22.4. The maximum Gasteiger partial charge on any atom is 0.234 e. The van der Waals surface area contributed by atoms with Crippen molar-refractivity contribution in [1.29, 1.82) is 0 Å². The number of benzene rings is 1. The maximum atomic E-state index is 14.0. The summed E-state index contributed by atoms with van der Waals surface area (Å²) in [5, 5.41) is 6.38. The Bertz CT molecular complexity index is 706. The van der Waals surface area contributed by atoms with Crippen LogP contribution in [0.15, 0.2) is 29.3 Å². The summed E-state index contributed by atoms with van der Waals surface area (Å²) < 4.78 is 19.0. The second kappa shape index (κ2) is 10.5. The first kappa shape index (κ1) is 21.5. The van der Waals surface area contributed by atoms with Crippen molar-refractivity contribution >= 4 is 11.9 Å². The van der Waals surface area contributed by atoms with Crippen molar-refractivity contribution in [2.45, 2.75) is 25.3 Å². The third kappa shape index (κ3) is 6.14. The molecule has 2 aliphatic rings. The molecular weight excluding hydrogens is 373 g/mol. The van der Waals surface area contributed by atoms with E-state index in [4.69, 9.17) is 4.74 Å². The molecule has 0 aromatic heterocycles. The Hall–Kier alpha value is -2.19. The summed E-state index contributed by atoms with van der Waals surface area (Å²) >= 11 is 0. The molecule has 29 heavy (non-hydrogen) atoms. The summed E-state index contributed by atoms with van der Waals surface area (Å²) in [5.41, 5.74) is 0.783. The highest BCUT2D eigenvalue weighted by molar-refractivity contribution is 5.81. The Labute approximate surface area is 172 Å². The molecule has 7 nitrogen and oxygen atoms in total. The molecule has 1 saturated carbocycles. The molecule has 1 aliphatic carbocycles. The van der Waals surface area contributed by atoms with E-state index < -0.39 is 0 Å². The number of carbonyl (C=O) groups is 1. The van der Waals surface area contributed by atoms with Crippen LogP contribution in [0.1, 0.15) is 24.8 Å². The van der Waals surface area contributed by atoms with Gasteiger partial charge in [0.2, 0.25) is 5.91 Å². The molecule has 0 bridgehead atoms. The molecule has 2 unspecified atom stereocenters. The van der Waals surface area contributed by atoms with Gasteiger partial charge in [-0.2, -0.15) is 0 Å². The molecule has 1 saturated heterocycles. The highest BCUT2D eigenvalue weighted by Gasteiger charge is 2.41. The van der Waals surface area contributed by atoms with Crippen LogP contribution in [0.5, 0.6) is 0 Å². The Balaban J connectivity index is 1.46. The second-order valence-corrected chi connectivity index (χ2v) is 7.52.